The maximum atomic E-state index is 11.5. The van der Waals surface area contributed by atoms with Gasteiger partial charge in [-0.1, -0.05) is 18.6 Å². The minimum absolute atomic E-state index is 0.0323. The number of esters is 1. The molecule has 0 aromatic carbocycles. The Balaban J connectivity index is 1.37. The topological polar surface area (TPSA) is 72.8 Å². The number of ether oxygens (including phenoxy) is 1. The third-order valence-electron chi connectivity index (χ3n) is 5.36. The second-order valence-corrected chi connectivity index (χ2v) is 8.08. The zero-order valence-corrected chi connectivity index (χ0v) is 17.9. The minimum Gasteiger partial charge on any atom is -0.504 e. The Morgan fingerprint density at radius 3 is 2.80 bits per heavy atom. The summed E-state index contributed by atoms with van der Waals surface area (Å²) in [7, 11) is 0. The summed E-state index contributed by atoms with van der Waals surface area (Å²) in [5.74, 6) is 0.989. The van der Waals surface area contributed by atoms with E-state index in [9.17, 15) is 9.90 Å². The smallest absolute Gasteiger partial charge is 0.343 e. The summed E-state index contributed by atoms with van der Waals surface area (Å²) in [6.45, 7) is 5.81. The molecule has 0 spiro atoms. The molecule has 0 aliphatic carbocycles. The lowest BCUT2D eigenvalue weighted by Crippen LogP contribution is -1.97. The van der Waals surface area contributed by atoms with E-state index in [0.29, 0.717) is 5.76 Å². The first kappa shape index (κ1) is 21.8. The fourth-order valence-corrected chi connectivity index (χ4v) is 3.50. The molecule has 2 aromatic rings. The van der Waals surface area contributed by atoms with Crippen molar-refractivity contribution >= 4 is 5.97 Å². The molecular weight excluding hydrogens is 380 g/mol. The molecule has 0 saturated carbocycles. The molecular formula is C25H30O5. The van der Waals surface area contributed by atoms with E-state index in [1.807, 2.05) is 18.4 Å². The molecule has 3 rings (SSSR count). The Morgan fingerprint density at radius 1 is 1.27 bits per heavy atom. The van der Waals surface area contributed by atoms with Crippen LogP contribution in [0.2, 0.25) is 0 Å². The van der Waals surface area contributed by atoms with Crippen molar-refractivity contribution in [3.63, 3.8) is 0 Å². The quantitative estimate of drug-likeness (QED) is 0.361. The number of carbonyl (C=O) groups is 1. The number of hydrogen-bond donors (Lipinski definition) is 1. The number of furan rings is 2. The van der Waals surface area contributed by atoms with Crippen molar-refractivity contribution < 1.29 is 23.5 Å². The van der Waals surface area contributed by atoms with Crippen molar-refractivity contribution in [1.82, 2.24) is 0 Å². The van der Waals surface area contributed by atoms with Crippen LogP contribution in [-0.4, -0.2) is 11.1 Å². The summed E-state index contributed by atoms with van der Waals surface area (Å²) >= 11 is 0. The summed E-state index contributed by atoms with van der Waals surface area (Å²) in [6, 6.07) is 4.07. The van der Waals surface area contributed by atoms with Crippen LogP contribution in [0.15, 0.2) is 74.6 Å². The number of allylic oxidation sites excluding steroid dienone is 3. The Hall–Kier alpha value is -2.95. The maximum absolute atomic E-state index is 11.5. The third-order valence-corrected chi connectivity index (χ3v) is 5.36. The molecule has 5 heteroatoms. The van der Waals surface area contributed by atoms with Crippen molar-refractivity contribution in [3.8, 4) is 0 Å². The molecule has 30 heavy (non-hydrogen) atoms. The van der Waals surface area contributed by atoms with E-state index in [1.165, 1.54) is 11.1 Å². The van der Waals surface area contributed by atoms with E-state index in [0.717, 1.165) is 49.8 Å². The lowest BCUT2D eigenvalue weighted by molar-refractivity contribution is -0.133. The minimum atomic E-state index is -0.462. The number of aliphatic hydroxyl groups excluding tert-OH is 1. The average molecular weight is 411 g/mol. The van der Waals surface area contributed by atoms with Crippen molar-refractivity contribution in [2.24, 2.45) is 5.92 Å². The molecule has 3 heterocycles. The van der Waals surface area contributed by atoms with Crippen molar-refractivity contribution in [2.75, 3.05) is 0 Å². The largest absolute Gasteiger partial charge is 0.504 e. The standard InChI is InChI=1S/C25H30O5/c1-17(6-4-8-18(2)12-23-24(26)19(3)25(27)30-23)7-5-9-20-13-22(29-16-20)14-21-10-11-28-15-21/h7,10-13,15-16,18,26H,4-6,8-9,14H2,1-3H3/b17-7?,23-12-/t18-/m1/s1. The number of cyclic esters (lactones) is 1. The molecule has 1 atom stereocenters. The summed E-state index contributed by atoms with van der Waals surface area (Å²) < 4.78 is 15.8. The van der Waals surface area contributed by atoms with E-state index in [1.54, 1.807) is 19.5 Å². The van der Waals surface area contributed by atoms with Gasteiger partial charge in [-0.15, -0.1) is 0 Å². The van der Waals surface area contributed by atoms with E-state index < -0.39 is 5.97 Å². The van der Waals surface area contributed by atoms with Crippen molar-refractivity contribution in [1.29, 1.82) is 0 Å². The van der Waals surface area contributed by atoms with Crippen molar-refractivity contribution in [2.45, 2.75) is 59.3 Å². The van der Waals surface area contributed by atoms with Crippen LogP contribution in [0.4, 0.5) is 0 Å². The monoisotopic (exact) mass is 410 g/mol. The molecule has 1 aliphatic rings. The first-order chi connectivity index (χ1) is 14.4. The van der Waals surface area contributed by atoms with Crippen LogP contribution in [0.3, 0.4) is 0 Å². The van der Waals surface area contributed by atoms with E-state index in [2.05, 4.69) is 26.0 Å². The lowest BCUT2D eigenvalue weighted by Gasteiger charge is -2.08. The fraction of sp³-hybridized carbons (Fsp3) is 0.400. The van der Waals surface area contributed by atoms with Gasteiger partial charge in [-0.2, -0.15) is 0 Å². The number of rotatable bonds is 10. The summed E-state index contributed by atoms with van der Waals surface area (Å²) in [6.07, 6.45) is 15.2. The van der Waals surface area contributed by atoms with Crippen LogP contribution < -0.4 is 0 Å². The highest BCUT2D eigenvalue weighted by Crippen LogP contribution is 2.26. The van der Waals surface area contributed by atoms with E-state index in [-0.39, 0.29) is 17.3 Å². The second-order valence-electron chi connectivity index (χ2n) is 8.08. The average Bonchev–Trinajstić information content (AvgIpc) is 3.43. The molecule has 0 saturated heterocycles. The lowest BCUT2D eigenvalue weighted by atomic mass is 9.99. The van der Waals surface area contributed by atoms with Crippen LogP contribution in [0.5, 0.6) is 0 Å². The van der Waals surface area contributed by atoms with Gasteiger partial charge in [0.05, 0.1) is 24.4 Å². The fourth-order valence-electron chi connectivity index (χ4n) is 3.50. The first-order valence-corrected chi connectivity index (χ1v) is 10.5. The second kappa shape index (κ2) is 10.2. The van der Waals surface area contributed by atoms with E-state index >= 15 is 0 Å². The van der Waals surface area contributed by atoms with Gasteiger partial charge in [0.2, 0.25) is 0 Å². The van der Waals surface area contributed by atoms with E-state index in [4.69, 9.17) is 13.6 Å². The molecule has 0 bridgehead atoms. The number of carbonyl (C=O) groups excluding carboxylic acids is 1. The summed E-state index contributed by atoms with van der Waals surface area (Å²) in [4.78, 5) is 11.5. The number of aryl methyl sites for hydroxylation is 1. The van der Waals surface area contributed by atoms with Crippen LogP contribution in [0.25, 0.3) is 0 Å². The zero-order chi connectivity index (χ0) is 21.5. The third kappa shape index (κ3) is 6.02. The maximum Gasteiger partial charge on any atom is 0.343 e. The predicted octanol–water partition coefficient (Wildman–Crippen LogP) is 6.42. The van der Waals surface area contributed by atoms with Crippen molar-refractivity contribution in [3.05, 3.63) is 82.6 Å². The van der Waals surface area contributed by atoms with Gasteiger partial charge < -0.3 is 18.7 Å². The van der Waals surface area contributed by atoms with Gasteiger partial charge in [0.15, 0.2) is 11.5 Å². The Bertz CT molecular complexity index is 940. The molecule has 2 aromatic heterocycles. The van der Waals surface area contributed by atoms with Gasteiger partial charge in [-0.25, -0.2) is 4.79 Å². The van der Waals surface area contributed by atoms with Gasteiger partial charge in [-0.3, -0.25) is 0 Å². The summed E-state index contributed by atoms with van der Waals surface area (Å²) in [5, 5.41) is 9.89. The van der Waals surface area contributed by atoms with Crippen LogP contribution in [-0.2, 0) is 22.4 Å². The normalized spacial score (nSPS) is 17.1. The van der Waals surface area contributed by atoms with Crippen LogP contribution in [0.1, 0.15) is 63.3 Å². The zero-order valence-electron chi connectivity index (χ0n) is 17.9. The molecule has 5 nitrogen and oxygen atoms in total. The molecule has 0 radical (unpaired) electrons. The molecule has 1 N–H and O–H groups in total. The number of aliphatic hydroxyl groups is 1. The Morgan fingerprint density at radius 2 is 2.10 bits per heavy atom. The molecule has 1 aliphatic heterocycles. The highest BCUT2D eigenvalue weighted by Gasteiger charge is 2.26. The van der Waals surface area contributed by atoms with Gasteiger partial charge >= 0.3 is 5.97 Å². The van der Waals surface area contributed by atoms with Gasteiger partial charge in [0, 0.05) is 6.42 Å². The van der Waals surface area contributed by atoms with Gasteiger partial charge in [-0.05, 0) is 81.2 Å². The number of hydrogen-bond acceptors (Lipinski definition) is 5. The molecule has 0 unspecified atom stereocenters. The van der Waals surface area contributed by atoms with Crippen LogP contribution >= 0.6 is 0 Å². The Kier molecular flexibility index (Phi) is 7.39. The predicted molar refractivity (Wildman–Crippen MR) is 115 cm³/mol. The molecule has 0 amide bonds. The van der Waals surface area contributed by atoms with Crippen LogP contribution in [0, 0.1) is 5.92 Å². The van der Waals surface area contributed by atoms with Gasteiger partial charge in [0.1, 0.15) is 5.76 Å². The molecule has 160 valence electrons. The highest BCUT2D eigenvalue weighted by atomic mass is 16.6. The molecule has 0 fully saturated rings. The summed E-state index contributed by atoms with van der Waals surface area (Å²) in [5.41, 5.74) is 3.98. The SMILES string of the molecule is CC(=CCCc1coc(Cc2ccoc2)c1)CCC[C@@H](C)/C=C1\OC(=O)C(C)=C1O. The Labute approximate surface area is 177 Å². The highest BCUT2D eigenvalue weighted by molar-refractivity contribution is 5.93. The van der Waals surface area contributed by atoms with Gasteiger partial charge in [0.25, 0.3) is 0 Å². The first-order valence-electron chi connectivity index (χ1n) is 10.5.